The first-order valence-corrected chi connectivity index (χ1v) is 12.5. The van der Waals surface area contributed by atoms with E-state index in [9.17, 15) is 4.79 Å². The van der Waals surface area contributed by atoms with E-state index in [4.69, 9.17) is 4.52 Å². The van der Waals surface area contributed by atoms with E-state index in [1.807, 2.05) is 23.1 Å². The Morgan fingerprint density at radius 1 is 0.971 bits per heavy atom. The van der Waals surface area contributed by atoms with Crippen LogP contribution in [0.3, 0.4) is 0 Å². The summed E-state index contributed by atoms with van der Waals surface area (Å²) in [4.78, 5) is 15.8. The lowest BCUT2D eigenvalue weighted by Crippen LogP contribution is -2.38. The highest BCUT2D eigenvalue weighted by Gasteiger charge is 2.22. The van der Waals surface area contributed by atoms with Gasteiger partial charge in [-0.2, -0.15) is 0 Å². The average molecular weight is 479 g/mol. The minimum Gasteiger partial charge on any atom is -0.359 e. The molecule has 4 rings (SSSR count). The number of fused-ring (bicyclic) bond motifs is 1. The minimum atomic E-state index is -0.0720. The quantitative estimate of drug-likeness (QED) is 0.396. The van der Waals surface area contributed by atoms with Gasteiger partial charge in [-0.05, 0) is 64.7 Å². The van der Waals surface area contributed by atoms with Crippen LogP contribution in [0.1, 0.15) is 64.0 Å². The maximum absolute atomic E-state index is 12.8. The molecule has 2 heterocycles. The van der Waals surface area contributed by atoms with E-state index < -0.39 is 0 Å². The molecule has 0 atom stereocenters. The van der Waals surface area contributed by atoms with Gasteiger partial charge in [-0.3, -0.25) is 0 Å². The first kappa shape index (κ1) is 24.2. The Morgan fingerprint density at radius 3 is 2.35 bits per heavy atom. The normalized spacial score (nSPS) is 14.0. The topological polar surface area (TPSA) is 70.4 Å². The zero-order valence-electron chi connectivity index (χ0n) is 20.9. The van der Waals surface area contributed by atoms with Crippen LogP contribution in [0, 0.1) is 0 Å². The summed E-state index contributed by atoms with van der Waals surface area (Å²) in [6, 6.07) is 16.4. The van der Waals surface area contributed by atoms with Crippen molar-refractivity contribution in [3.63, 3.8) is 0 Å². The first-order chi connectivity index (χ1) is 16.0. The lowest BCUT2D eigenvalue weighted by Gasteiger charge is -2.29. The molecule has 0 fully saturated rings. The number of nitrogens with one attached hydrogen (secondary N) is 2. The molecule has 0 unspecified atom stereocenters. The number of aromatic nitrogens is 1. The summed E-state index contributed by atoms with van der Waals surface area (Å²) in [6.45, 7) is 14.1. The molecule has 180 valence electrons. The Balaban J connectivity index is 1.34. The van der Waals surface area contributed by atoms with E-state index in [0.29, 0.717) is 18.9 Å². The summed E-state index contributed by atoms with van der Waals surface area (Å²) >= 11 is 1.52. The van der Waals surface area contributed by atoms with Crippen LogP contribution in [0.25, 0.3) is 0 Å². The van der Waals surface area contributed by atoms with Gasteiger partial charge in [0.2, 0.25) is 0 Å². The summed E-state index contributed by atoms with van der Waals surface area (Å²) in [7, 11) is 0. The highest BCUT2D eigenvalue weighted by atomic mass is 32.2. The third-order valence-electron chi connectivity index (χ3n) is 6.00. The van der Waals surface area contributed by atoms with Crippen molar-refractivity contribution in [2.75, 3.05) is 16.6 Å². The molecule has 3 aromatic rings. The summed E-state index contributed by atoms with van der Waals surface area (Å²) in [5.74, 6) is 1.57. The molecule has 2 amide bonds. The van der Waals surface area contributed by atoms with Gasteiger partial charge in [-0.1, -0.05) is 64.9 Å². The van der Waals surface area contributed by atoms with Gasteiger partial charge in [-0.25, -0.2) is 4.79 Å². The molecule has 0 spiro atoms. The second-order valence-electron chi connectivity index (χ2n) is 10.9. The van der Waals surface area contributed by atoms with Crippen LogP contribution >= 0.6 is 11.9 Å². The monoisotopic (exact) mass is 478 g/mol. The predicted octanol–water partition coefficient (Wildman–Crippen LogP) is 6.98. The predicted molar refractivity (Wildman–Crippen MR) is 139 cm³/mol. The molecule has 34 heavy (non-hydrogen) atoms. The second-order valence-corrected chi connectivity index (χ2v) is 11.8. The van der Waals surface area contributed by atoms with Crippen LogP contribution < -0.4 is 10.0 Å². The van der Waals surface area contributed by atoms with Crippen LogP contribution in [-0.4, -0.2) is 22.6 Å². The number of urea groups is 1. The molecule has 0 radical (unpaired) electrons. The molecule has 2 aromatic carbocycles. The first-order valence-electron chi connectivity index (χ1n) is 11.7. The lowest BCUT2D eigenvalue weighted by atomic mass is 9.87. The SMILES string of the molecule is CC(C)(C)c1ccc(NC(=O)N2CCc3cc(SNc4cc(C(C)(C)C)on4)ccc3C2)cc1. The molecule has 1 aromatic heterocycles. The maximum atomic E-state index is 12.8. The van der Waals surface area contributed by atoms with Gasteiger partial charge in [0, 0.05) is 35.2 Å². The number of rotatable bonds is 4. The molecular formula is C27H34N4O2S. The minimum absolute atomic E-state index is 0.0602. The zero-order chi connectivity index (χ0) is 24.5. The van der Waals surface area contributed by atoms with Crippen molar-refractivity contribution < 1.29 is 9.32 Å². The van der Waals surface area contributed by atoms with Crippen molar-refractivity contribution in [1.29, 1.82) is 0 Å². The Bertz CT molecular complexity index is 1160. The number of anilines is 2. The van der Waals surface area contributed by atoms with Gasteiger partial charge in [0.25, 0.3) is 0 Å². The fraction of sp³-hybridized carbons (Fsp3) is 0.407. The van der Waals surface area contributed by atoms with E-state index in [1.54, 1.807) is 0 Å². The molecule has 2 N–H and O–H groups in total. The van der Waals surface area contributed by atoms with Crippen molar-refractivity contribution in [2.24, 2.45) is 0 Å². The molecule has 0 bridgehead atoms. The van der Waals surface area contributed by atoms with Crippen LogP contribution in [0.5, 0.6) is 0 Å². The number of nitrogens with zero attached hydrogens (tertiary/aromatic N) is 2. The summed E-state index contributed by atoms with van der Waals surface area (Å²) < 4.78 is 8.70. The Kier molecular flexibility index (Phi) is 6.67. The van der Waals surface area contributed by atoms with Crippen molar-refractivity contribution in [2.45, 2.75) is 70.2 Å². The lowest BCUT2D eigenvalue weighted by molar-refractivity contribution is 0.206. The summed E-state index contributed by atoms with van der Waals surface area (Å²) in [5, 5.41) is 7.15. The van der Waals surface area contributed by atoms with Crippen LogP contribution in [0.15, 0.2) is 57.9 Å². The van der Waals surface area contributed by atoms with Crippen LogP contribution in [-0.2, 0) is 23.8 Å². The fourth-order valence-corrected chi connectivity index (χ4v) is 4.47. The highest BCUT2D eigenvalue weighted by molar-refractivity contribution is 8.00. The third kappa shape index (κ3) is 5.76. The van der Waals surface area contributed by atoms with Crippen molar-refractivity contribution in [3.8, 4) is 0 Å². The molecule has 0 aliphatic carbocycles. The van der Waals surface area contributed by atoms with Crippen LogP contribution in [0.2, 0.25) is 0 Å². The number of hydrogen-bond acceptors (Lipinski definition) is 5. The third-order valence-corrected chi connectivity index (χ3v) is 6.80. The van der Waals surface area contributed by atoms with E-state index in [-0.39, 0.29) is 16.9 Å². The Hall–Kier alpha value is -2.93. The molecule has 1 aliphatic heterocycles. The number of benzene rings is 2. The van der Waals surface area contributed by atoms with Crippen LogP contribution in [0.4, 0.5) is 16.3 Å². The van der Waals surface area contributed by atoms with Gasteiger partial charge in [0.05, 0.1) is 0 Å². The second kappa shape index (κ2) is 9.37. The van der Waals surface area contributed by atoms with Gasteiger partial charge >= 0.3 is 6.03 Å². The zero-order valence-corrected chi connectivity index (χ0v) is 21.7. The highest BCUT2D eigenvalue weighted by Crippen LogP contribution is 2.29. The van der Waals surface area contributed by atoms with Crippen molar-refractivity contribution >= 4 is 29.5 Å². The van der Waals surface area contributed by atoms with E-state index in [2.05, 4.69) is 87.1 Å². The fourth-order valence-electron chi connectivity index (χ4n) is 3.81. The number of hydrogen-bond donors (Lipinski definition) is 2. The van der Waals surface area contributed by atoms with Gasteiger partial charge in [-0.15, -0.1) is 0 Å². The average Bonchev–Trinajstić information content (AvgIpc) is 3.27. The molecule has 6 nitrogen and oxygen atoms in total. The Labute approximate surface area is 206 Å². The van der Waals surface area contributed by atoms with E-state index in [1.165, 1.54) is 28.6 Å². The molecule has 7 heteroatoms. The molecular weight excluding hydrogens is 444 g/mol. The van der Waals surface area contributed by atoms with Gasteiger partial charge in [0.1, 0.15) is 5.76 Å². The largest absolute Gasteiger partial charge is 0.359 e. The smallest absolute Gasteiger partial charge is 0.322 e. The standard InChI is InChI=1S/C27H34N4O2S/c1-26(2,3)20-8-10-21(11-9-20)28-25(32)31-14-13-18-15-22(12-7-19(18)17-31)34-30-24-16-23(33-29-24)27(4,5)6/h7-12,15-16H,13-14,17H2,1-6H3,(H,28,32)(H,29,30). The number of carbonyl (C=O) groups is 1. The van der Waals surface area contributed by atoms with E-state index in [0.717, 1.165) is 22.8 Å². The molecule has 0 saturated heterocycles. The van der Waals surface area contributed by atoms with Gasteiger partial charge < -0.3 is 19.5 Å². The molecule has 1 aliphatic rings. The Morgan fingerprint density at radius 2 is 1.71 bits per heavy atom. The number of amides is 2. The summed E-state index contributed by atoms with van der Waals surface area (Å²) in [6.07, 6.45) is 0.832. The van der Waals surface area contributed by atoms with Crippen molar-refractivity contribution in [3.05, 3.63) is 71.0 Å². The number of carbonyl (C=O) groups excluding carboxylic acids is 1. The van der Waals surface area contributed by atoms with Crippen molar-refractivity contribution in [1.82, 2.24) is 10.1 Å². The summed E-state index contributed by atoms with van der Waals surface area (Å²) in [5.41, 5.74) is 4.56. The van der Waals surface area contributed by atoms with E-state index >= 15 is 0 Å². The molecule has 0 saturated carbocycles. The maximum Gasteiger partial charge on any atom is 0.322 e. The van der Waals surface area contributed by atoms with Gasteiger partial charge in [0.15, 0.2) is 5.82 Å².